The fourth-order valence-electron chi connectivity index (χ4n) is 5.54. The average Bonchev–Trinajstić information content (AvgIpc) is 3.29. The van der Waals surface area contributed by atoms with Crippen LogP contribution in [0.4, 0.5) is 14.6 Å². The van der Waals surface area contributed by atoms with Gasteiger partial charge >= 0.3 is 6.01 Å². The Bertz CT molecular complexity index is 1500. The highest BCUT2D eigenvalue weighted by Crippen LogP contribution is 2.38. The highest BCUT2D eigenvalue weighted by atomic mass is 19.1. The third kappa shape index (κ3) is 5.38. The monoisotopic (exact) mass is 550 g/mol. The number of fused-ring (bicyclic) bond motifs is 4. The Morgan fingerprint density at radius 2 is 1.75 bits per heavy atom. The molecule has 10 heteroatoms. The van der Waals surface area contributed by atoms with Crippen molar-refractivity contribution in [1.82, 2.24) is 25.2 Å². The zero-order chi connectivity index (χ0) is 28.4. The molecule has 3 saturated heterocycles. The minimum atomic E-state index is -0.720. The van der Waals surface area contributed by atoms with Crippen LogP contribution in [0.2, 0.25) is 0 Å². The topological polar surface area (TPSA) is 86.6 Å². The molecule has 212 valence electrons. The lowest BCUT2D eigenvalue weighted by molar-refractivity contribution is 0.229. The average molecular weight is 551 g/mol. The standard InChI is InChI=1S/C24H21F2N5O2.C4H9N.C2H6/c1-33-24-29-22-17(23(30-24)31-10-13-5-6-14(11-31)28-13)9-27-21(20(22)26)16-8-15(32)7-12-3-2-4-18(25)19(12)16;1-5-3-2-4-5;1-2/h2-4,7-9,13-14,28,32H,5-6,10-11H2,1H3;2-4H2,1H3;1-2H3. The fourth-order valence-corrected chi connectivity index (χ4v) is 5.54. The number of hydrogen-bond acceptors (Lipinski definition) is 8. The molecule has 2 unspecified atom stereocenters. The van der Waals surface area contributed by atoms with Gasteiger partial charge in [-0.2, -0.15) is 9.97 Å². The zero-order valence-electron chi connectivity index (χ0n) is 23.4. The molecule has 0 aliphatic carbocycles. The molecule has 5 heterocycles. The number of aromatic hydroxyl groups is 1. The van der Waals surface area contributed by atoms with E-state index >= 15 is 4.39 Å². The summed E-state index contributed by atoms with van der Waals surface area (Å²) in [5, 5.41) is 14.9. The summed E-state index contributed by atoms with van der Waals surface area (Å²) in [6.45, 7) is 8.13. The van der Waals surface area contributed by atoms with Gasteiger partial charge in [0.2, 0.25) is 0 Å². The number of phenols is 1. The molecule has 4 aromatic rings. The number of piperazine rings is 1. The van der Waals surface area contributed by atoms with Gasteiger partial charge in [0.1, 0.15) is 28.6 Å². The van der Waals surface area contributed by atoms with Crippen molar-refractivity contribution < 1.29 is 18.6 Å². The number of anilines is 1. The smallest absolute Gasteiger partial charge is 0.318 e. The van der Waals surface area contributed by atoms with Gasteiger partial charge in [0.15, 0.2) is 5.82 Å². The number of benzene rings is 2. The Morgan fingerprint density at radius 1 is 1.05 bits per heavy atom. The van der Waals surface area contributed by atoms with Gasteiger partial charge in [-0.25, -0.2) is 8.78 Å². The van der Waals surface area contributed by atoms with Gasteiger partial charge in [-0.05, 0) is 63.0 Å². The van der Waals surface area contributed by atoms with Gasteiger partial charge in [0.25, 0.3) is 0 Å². The van der Waals surface area contributed by atoms with E-state index in [1.165, 1.54) is 57.1 Å². The first-order chi connectivity index (χ1) is 19.4. The molecule has 7 rings (SSSR count). The molecule has 2 aromatic carbocycles. The second kappa shape index (κ2) is 11.9. The minimum absolute atomic E-state index is 0.0422. The van der Waals surface area contributed by atoms with Crippen LogP contribution in [0.3, 0.4) is 0 Å². The zero-order valence-corrected chi connectivity index (χ0v) is 23.4. The molecule has 2 atom stereocenters. The molecule has 2 N–H and O–H groups in total. The SMILES string of the molecule is CC.CN1CCC1.COc1nc(N2CC3CCC(C2)N3)c2cnc(-c3cc(O)cc4cccc(F)c34)c(F)c2n1. The summed E-state index contributed by atoms with van der Waals surface area (Å²) < 4.78 is 35.9. The Hall–Kier alpha value is -3.63. The predicted octanol–water partition coefficient (Wildman–Crippen LogP) is 5.13. The van der Waals surface area contributed by atoms with E-state index in [9.17, 15) is 9.50 Å². The van der Waals surface area contributed by atoms with Crippen LogP contribution in [-0.4, -0.2) is 77.4 Å². The van der Waals surface area contributed by atoms with E-state index in [-0.39, 0.29) is 33.9 Å². The number of rotatable bonds is 3. The molecule has 0 amide bonds. The maximum Gasteiger partial charge on any atom is 0.318 e. The third-order valence-corrected chi connectivity index (χ3v) is 7.59. The highest BCUT2D eigenvalue weighted by molar-refractivity contribution is 6.00. The first kappa shape index (κ1) is 27.9. The molecule has 0 saturated carbocycles. The largest absolute Gasteiger partial charge is 0.508 e. The van der Waals surface area contributed by atoms with Gasteiger partial charge in [-0.3, -0.25) is 4.98 Å². The molecule has 0 spiro atoms. The van der Waals surface area contributed by atoms with Crippen molar-refractivity contribution in [2.45, 2.75) is 45.2 Å². The summed E-state index contributed by atoms with van der Waals surface area (Å²) in [5.41, 5.74) is 0.1000. The van der Waals surface area contributed by atoms with Crippen LogP contribution in [0, 0.1) is 11.6 Å². The van der Waals surface area contributed by atoms with Crippen LogP contribution in [0.1, 0.15) is 33.1 Å². The molecule has 2 bridgehead atoms. The van der Waals surface area contributed by atoms with Crippen molar-refractivity contribution >= 4 is 27.5 Å². The molecule has 3 aliphatic rings. The number of ether oxygens (including phenoxy) is 1. The second-order valence-electron chi connectivity index (χ2n) is 10.2. The van der Waals surface area contributed by atoms with E-state index in [1.54, 1.807) is 6.07 Å². The Labute approximate surface area is 233 Å². The number of hydrogen-bond donors (Lipinski definition) is 2. The first-order valence-electron chi connectivity index (χ1n) is 13.9. The van der Waals surface area contributed by atoms with Crippen LogP contribution in [0.15, 0.2) is 36.5 Å². The molecular weight excluding hydrogens is 514 g/mol. The van der Waals surface area contributed by atoms with E-state index in [0.29, 0.717) is 28.7 Å². The number of nitrogens with zero attached hydrogens (tertiary/aromatic N) is 5. The summed E-state index contributed by atoms with van der Waals surface area (Å²) in [6.07, 6.45) is 5.11. The van der Waals surface area contributed by atoms with Gasteiger partial charge in [-0.1, -0.05) is 26.0 Å². The summed E-state index contributed by atoms with van der Waals surface area (Å²) in [6, 6.07) is 8.00. The molecule has 40 heavy (non-hydrogen) atoms. The van der Waals surface area contributed by atoms with E-state index in [1.807, 2.05) is 13.8 Å². The summed E-state index contributed by atoms with van der Waals surface area (Å²) >= 11 is 0. The fraction of sp³-hybridized carbons (Fsp3) is 0.433. The molecule has 2 aromatic heterocycles. The van der Waals surface area contributed by atoms with Gasteiger partial charge in [-0.15, -0.1) is 0 Å². The van der Waals surface area contributed by atoms with Crippen molar-refractivity contribution in [3.05, 3.63) is 48.2 Å². The number of aromatic nitrogens is 3. The van der Waals surface area contributed by atoms with Crippen LogP contribution < -0.4 is 15.0 Å². The number of phenolic OH excluding ortho intramolecular Hbond substituents is 1. The Morgan fingerprint density at radius 3 is 2.38 bits per heavy atom. The predicted molar refractivity (Wildman–Crippen MR) is 154 cm³/mol. The van der Waals surface area contributed by atoms with Crippen molar-refractivity contribution in [1.29, 1.82) is 0 Å². The normalized spacial score (nSPS) is 19.9. The molecule has 3 fully saturated rings. The maximum absolute atomic E-state index is 15.9. The van der Waals surface area contributed by atoms with Crippen LogP contribution in [-0.2, 0) is 0 Å². The highest BCUT2D eigenvalue weighted by Gasteiger charge is 2.34. The lowest BCUT2D eigenvalue weighted by Gasteiger charge is -2.34. The second-order valence-corrected chi connectivity index (χ2v) is 10.2. The molecule has 8 nitrogen and oxygen atoms in total. The van der Waals surface area contributed by atoms with Crippen LogP contribution >= 0.6 is 0 Å². The van der Waals surface area contributed by atoms with Gasteiger partial charge in [0.05, 0.1) is 12.5 Å². The number of methoxy groups -OCH3 is 1. The van der Waals surface area contributed by atoms with Crippen molar-refractivity contribution in [2.75, 3.05) is 45.2 Å². The van der Waals surface area contributed by atoms with Crippen molar-refractivity contribution in [3.63, 3.8) is 0 Å². The summed E-state index contributed by atoms with van der Waals surface area (Å²) in [5.74, 6) is -0.787. The van der Waals surface area contributed by atoms with Crippen molar-refractivity contribution in [2.24, 2.45) is 0 Å². The van der Waals surface area contributed by atoms with Gasteiger partial charge < -0.3 is 25.0 Å². The van der Waals surface area contributed by atoms with Crippen molar-refractivity contribution in [3.8, 4) is 23.0 Å². The number of pyridine rings is 1. The van der Waals surface area contributed by atoms with Gasteiger partial charge in [0, 0.05) is 42.3 Å². The summed E-state index contributed by atoms with van der Waals surface area (Å²) in [4.78, 5) is 17.6. The van der Waals surface area contributed by atoms with Crippen LogP contribution in [0.5, 0.6) is 11.8 Å². The summed E-state index contributed by atoms with van der Waals surface area (Å²) in [7, 11) is 3.58. The van der Waals surface area contributed by atoms with E-state index in [0.717, 1.165) is 25.9 Å². The lowest BCUT2D eigenvalue weighted by atomic mass is 9.99. The molecule has 0 radical (unpaired) electrons. The molecule has 3 aliphatic heterocycles. The Kier molecular flexibility index (Phi) is 8.27. The van der Waals surface area contributed by atoms with E-state index in [4.69, 9.17) is 4.74 Å². The first-order valence-corrected chi connectivity index (χ1v) is 13.9. The third-order valence-electron chi connectivity index (χ3n) is 7.59. The van der Waals surface area contributed by atoms with E-state index < -0.39 is 11.6 Å². The van der Waals surface area contributed by atoms with Crippen LogP contribution in [0.25, 0.3) is 32.9 Å². The number of likely N-dealkylation sites (tertiary alicyclic amines) is 1. The Balaban J connectivity index is 0.000000411. The molecular formula is C30H36F2N6O2. The lowest BCUT2D eigenvalue weighted by Crippen LogP contribution is -2.51. The number of nitrogens with one attached hydrogen (secondary N) is 1. The maximum atomic E-state index is 15.9. The quantitative estimate of drug-likeness (QED) is 0.363. The number of halogens is 2. The van der Waals surface area contributed by atoms with E-state index in [2.05, 4.69) is 37.1 Å². The minimum Gasteiger partial charge on any atom is -0.508 e.